The molecule has 0 radical (unpaired) electrons. The monoisotopic (exact) mass is 382 g/mol. The van der Waals surface area contributed by atoms with Gasteiger partial charge >= 0.3 is 6.09 Å². The molecule has 1 atom stereocenters. The average molecular weight is 383 g/mol. The molecule has 0 aromatic heterocycles. The molecule has 1 aromatic rings. The first-order valence-corrected chi connectivity index (χ1v) is 8.58. The predicted molar refractivity (Wildman–Crippen MR) is 93.0 cm³/mol. The highest BCUT2D eigenvalue weighted by Crippen LogP contribution is 2.25. The largest absolute Gasteiger partial charge is 0.444 e. The van der Waals surface area contributed by atoms with Crippen LogP contribution in [0.4, 0.5) is 4.79 Å². The van der Waals surface area contributed by atoms with Crippen LogP contribution in [0.1, 0.15) is 45.6 Å². The van der Waals surface area contributed by atoms with Gasteiger partial charge in [-0.05, 0) is 52.2 Å². The molecule has 0 spiro atoms. The minimum Gasteiger partial charge on any atom is -0.444 e. The molecule has 126 valence electrons. The van der Waals surface area contributed by atoms with E-state index in [9.17, 15) is 10.0 Å². The topological polar surface area (TPSA) is 62.1 Å². The smallest absolute Gasteiger partial charge is 0.410 e. The molecule has 0 bridgehead atoms. The summed E-state index contributed by atoms with van der Waals surface area (Å²) in [6.45, 7) is 6.14. The number of oxime groups is 1. The van der Waals surface area contributed by atoms with Crippen molar-refractivity contribution >= 4 is 27.7 Å². The van der Waals surface area contributed by atoms with Crippen LogP contribution < -0.4 is 0 Å². The summed E-state index contributed by atoms with van der Waals surface area (Å²) < 4.78 is 6.40. The molecule has 1 saturated heterocycles. The Morgan fingerprint density at radius 2 is 2.13 bits per heavy atom. The van der Waals surface area contributed by atoms with E-state index >= 15 is 0 Å². The van der Waals surface area contributed by atoms with Gasteiger partial charge in [-0.1, -0.05) is 33.2 Å². The lowest BCUT2D eigenvalue weighted by Crippen LogP contribution is -2.50. The number of ether oxygens (including phenoxy) is 1. The number of amides is 1. The van der Waals surface area contributed by atoms with Crippen molar-refractivity contribution in [1.82, 2.24) is 4.90 Å². The fraction of sp³-hybridized carbons (Fsp3) is 0.529. The van der Waals surface area contributed by atoms with Crippen LogP contribution in [0.3, 0.4) is 0 Å². The van der Waals surface area contributed by atoms with E-state index in [1.165, 1.54) is 0 Å². The summed E-state index contributed by atoms with van der Waals surface area (Å²) in [5.41, 5.74) is 0.741. The van der Waals surface area contributed by atoms with Crippen LogP contribution in [0.25, 0.3) is 0 Å². The fourth-order valence-electron chi connectivity index (χ4n) is 2.72. The number of benzene rings is 1. The summed E-state index contributed by atoms with van der Waals surface area (Å²) in [4.78, 5) is 14.2. The zero-order valence-electron chi connectivity index (χ0n) is 13.8. The number of hydrogen-bond donors (Lipinski definition) is 1. The van der Waals surface area contributed by atoms with Gasteiger partial charge in [-0.3, -0.25) is 4.90 Å². The fourth-order valence-corrected chi connectivity index (χ4v) is 3.12. The first-order valence-electron chi connectivity index (χ1n) is 7.79. The molecule has 1 amide bonds. The summed E-state index contributed by atoms with van der Waals surface area (Å²) in [5, 5.41) is 13.0. The lowest BCUT2D eigenvalue weighted by atomic mass is 9.94. The van der Waals surface area contributed by atoms with Crippen molar-refractivity contribution in [1.29, 1.82) is 0 Å². The average Bonchev–Trinajstić information content (AvgIpc) is 2.47. The molecule has 23 heavy (non-hydrogen) atoms. The van der Waals surface area contributed by atoms with E-state index in [4.69, 9.17) is 4.74 Å². The number of carbonyl (C=O) groups is 1. The Morgan fingerprint density at radius 3 is 2.74 bits per heavy atom. The zero-order valence-corrected chi connectivity index (χ0v) is 15.3. The van der Waals surface area contributed by atoms with Crippen LogP contribution in [0, 0.1) is 0 Å². The summed E-state index contributed by atoms with van der Waals surface area (Å²) >= 11 is 3.43. The van der Waals surface area contributed by atoms with E-state index in [1.807, 2.05) is 45.0 Å². The molecular weight excluding hydrogens is 360 g/mol. The maximum Gasteiger partial charge on any atom is 0.410 e. The quantitative estimate of drug-likeness (QED) is 0.467. The van der Waals surface area contributed by atoms with Gasteiger partial charge in [0.05, 0.1) is 6.04 Å². The van der Waals surface area contributed by atoms with E-state index in [2.05, 4.69) is 21.1 Å². The normalized spacial score (nSPS) is 19.6. The van der Waals surface area contributed by atoms with E-state index in [0.717, 1.165) is 29.3 Å². The van der Waals surface area contributed by atoms with E-state index in [1.54, 1.807) is 4.90 Å². The molecule has 2 rings (SSSR count). The molecule has 1 fully saturated rings. The number of nitrogens with zero attached hydrogens (tertiary/aromatic N) is 2. The summed E-state index contributed by atoms with van der Waals surface area (Å²) in [5.74, 6) is 0. The van der Waals surface area contributed by atoms with Crippen LogP contribution in [-0.4, -0.2) is 40.1 Å². The first-order chi connectivity index (χ1) is 10.8. The van der Waals surface area contributed by atoms with Gasteiger partial charge in [-0.25, -0.2) is 4.79 Å². The number of rotatable bonds is 2. The summed E-state index contributed by atoms with van der Waals surface area (Å²) in [6, 6.07) is 7.27. The van der Waals surface area contributed by atoms with Gasteiger partial charge in [0.1, 0.15) is 11.3 Å². The number of halogens is 1. The van der Waals surface area contributed by atoms with E-state index in [-0.39, 0.29) is 12.1 Å². The van der Waals surface area contributed by atoms with Crippen molar-refractivity contribution in [3.8, 4) is 0 Å². The highest BCUT2D eigenvalue weighted by Gasteiger charge is 2.34. The zero-order chi connectivity index (χ0) is 17.0. The Bertz CT molecular complexity index is 596. The highest BCUT2D eigenvalue weighted by atomic mass is 79.9. The molecule has 5 nitrogen and oxygen atoms in total. The number of likely N-dealkylation sites (tertiary alicyclic amines) is 1. The summed E-state index contributed by atoms with van der Waals surface area (Å²) in [6.07, 6.45) is 2.30. The second-order valence-electron chi connectivity index (χ2n) is 6.68. The number of carbonyl (C=O) groups excluding carboxylic acids is 1. The van der Waals surface area contributed by atoms with Crippen molar-refractivity contribution < 1.29 is 14.7 Å². The molecule has 1 N–H and O–H groups in total. The number of hydrogen-bond acceptors (Lipinski definition) is 4. The minimum absolute atomic E-state index is 0.280. The van der Waals surface area contributed by atoms with Gasteiger partial charge in [0.15, 0.2) is 0 Å². The third-order valence-electron chi connectivity index (χ3n) is 3.67. The Hall–Kier alpha value is -1.56. The Balaban J connectivity index is 2.27. The van der Waals surface area contributed by atoms with Gasteiger partial charge in [0.2, 0.25) is 0 Å². The van der Waals surface area contributed by atoms with Crippen molar-refractivity contribution in [2.45, 2.75) is 51.7 Å². The highest BCUT2D eigenvalue weighted by molar-refractivity contribution is 9.10. The SMILES string of the molecule is CC(C)(C)OC(=O)N1CCCC[C@H]1/C(=N/O)c1cccc(Br)c1. The Labute approximate surface area is 145 Å². The lowest BCUT2D eigenvalue weighted by molar-refractivity contribution is 0.0165. The maximum atomic E-state index is 12.5. The van der Waals surface area contributed by atoms with Crippen LogP contribution in [-0.2, 0) is 4.74 Å². The molecular formula is C17H23BrN2O3. The third kappa shape index (κ3) is 4.70. The summed E-state index contributed by atoms with van der Waals surface area (Å²) in [7, 11) is 0. The second kappa shape index (κ2) is 7.34. The second-order valence-corrected chi connectivity index (χ2v) is 7.60. The third-order valence-corrected chi connectivity index (χ3v) is 4.17. The molecule has 1 aliphatic heterocycles. The van der Waals surface area contributed by atoms with Crippen LogP contribution in [0.2, 0.25) is 0 Å². The predicted octanol–water partition coefficient (Wildman–Crippen LogP) is 4.42. The van der Waals surface area contributed by atoms with Gasteiger partial charge in [-0.15, -0.1) is 0 Å². The van der Waals surface area contributed by atoms with E-state index < -0.39 is 5.60 Å². The molecule has 0 aliphatic carbocycles. The maximum absolute atomic E-state index is 12.5. The van der Waals surface area contributed by atoms with Crippen LogP contribution >= 0.6 is 15.9 Å². The van der Waals surface area contributed by atoms with Gasteiger partial charge in [0, 0.05) is 16.6 Å². The van der Waals surface area contributed by atoms with E-state index in [0.29, 0.717) is 12.3 Å². The minimum atomic E-state index is -0.550. The molecule has 0 saturated carbocycles. The van der Waals surface area contributed by atoms with Crippen molar-refractivity contribution in [2.75, 3.05) is 6.54 Å². The van der Waals surface area contributed by atoms with Crippen molar-refractivity contribution in [2.24, 2.45) is 5.16 Å². The van der Waals surface area contributed by atoms with Crippen molar-refractivity contribution in [3.63, 3.8) is 0 Å². The Kier molecular flexibility index (Phi) is 5.68. The lowest BCUT2D eigenvalue weighted by Gasteiger charge is -2.37. The van der Waals surface area contributed by atoms with Gasteiger partial charge in [-0.2, -0.15) is 0 Å². The molecule has 1 aromatic carbocycles. The molecule has 1 aliphatic rings. The van der Waals surface area contributed by atoms with Crippen molar-refractivity contribution in [3.05, 3.63) is 34.3 Å². The first kappa shape index (κ1) is 17.8. The standard InChI is InChI=1S/C17H23BrN2O3/c1-17(2,3)23-16(21)20-10-5-4-9-14(20)15(19-22)12-7-6-8-13(18)11-12/h6-8,11,14,22H,4-5,9-10H2,1-3H3/b19-15+/t14-/m0/s1. The van der Waals surface area contributed by atoms with Crippen LogP contribution in [0.15, 0.2) is 33.9 Å². The van der Waals surface area contributed by atoms with Gasteiger partial charge < -0.3 is 9.94 Å². The Morgan fingerprint density at radius 1 is 1.39 bits per heavy atom. The molecule has 6 heteroatoms. The van der Waals surface area contributed by atoms with Crippen LogP contribution in [0.5, 0.6) is 0 Å². The number of piperidine rings is 1. The van der Waals surface area contributed by atoms with Gasteiger partial charge in [0.25, 0.3) is 0 Å². The molecule has 1 heterocycles. The molecule has 0 unspecified atom stereocenters.